The summed E-state index contributed by atoms with van der Waals surface area (Å²) in [6, 6.07) is 1.72. The molecule has 2 heterocycles. The van der Waals surface area contributed by atoms with Gasteiger partial charge in [-0.15, -0.1) is 0 Å². The van der Waals surface area contributed by atoms with E-state index in [9.17, 15) is 4.79 Å². The van der Waals surface area contributed by atoms with Gasteiger partial charge in [-0.25, -0.2) is 19.7 Å². The number of hydrogen-bond acceptors (Lipinski definition) is 6. The lowest BCUT2D eigenvalue weighted by molar-refractivity contribution is 0.0702. The number of rotatable bonds is 3. The van der Waals surface area contributed by atoms with Gasteiger partial charge in [-0.2, -0.15) is 0 Å². The van der Waals surface area contributed by atoms with E-state index in [0.29, 0.717) is 10.9 Å². The number of carbonyl (C=O) groups is 1. The molecular weight excluding hydrogens is 228 g/mol. The third-order valence-corrected chi connectivity index (χ3v) is 2.96. The number of carboxylic acid groups (broad SMARTS) is 1. The molecule has 0 aliphatic heterocycles. The molecule has 82 valence electrons. The number of hydrogen-bond donors (Lipinski definition) is 1. The number of aromatic carboxylic acids is 1. The van der Waals surface area contributed by atoms with E-state index in [4.69, 9.17) is 5.11 Å². The molecule has 0 amide bonds. The fourth-order valence-electron chi connectivity index (χ4n) is 1.10. The van der Waals surface area contributed by atoms with E-state index in [-0.39, 0.29) is 4.88 Å². The van der Waals surface area contributed by atoms with E-state index in [1.807, 2.05) is 0 Å². The van der Waals surface area contributed by atoms with Gasteiger partial charge < -0.3 is 10.0 Å². The molecule has 0 radical (unpaired) electrons. The van der Waals surface area contributed by atoms with Gasteiger partial charge in [-0.3, -0.25) is 0 Å². The van der Waals surface area contributed by atoms with Gasteiger partial charge in [0.1, 0.15) is 17.0 Å². The summed E-state index contributed by atoms with van der Waals surface area (Å²) in [5.41, 5.74) is 0. The molecule has 2 rings (SSSR count). The van der Waals surface area contributed by atoms with Crippen LogP contribution in [0.4, 0.5) is 10.9 Å². The van der Waals surface area contributed by atoms with E-state index < -0.39 is 5.97 Å². The monoisotopic (exact) mass is 236 g/mol. The minimum atomic E-state index is -0.972. The number of aromatic nitrogens is 3. The third-order valence-electron chi connectivity index (χ3n) is 1.90. The van der Waals surface area contributed by atoms with Crippen LogP contribution in [0.2, 0.25) is 0 Å². The molecule has 16 heavy (non-hydrogen) atoms. The summed E-state index contributed by atoms with van der Waals surface area (Å²) < 4.78 is 0. The van der Waals surface area contributed by atoms with Crippen molar-refractivity contribution >= 4 is 28.3 Å². The Labute approximate surface area is 95.2 Å². The maximum atomic E-state index is 10.7. The fourth-order valence-corrected chi connectivity index (χ4v) is 1.82. The zero-order chi connectivity index (χ0) is 11.5. The number of carboxylic acids is 1. The van der Waals surface area contributed by atoms with Gasteiger partial charge in [0, 0.05) is 13.2 Å². The Morgan fingerprint density at radius 2 is 2.31 bits per heavy atom. The largest absolute Gasteiger partial charge is 0.477 e. The Bertz CT molecular complexity index is 499. The highest BCUT2D eigenvalue weighted by Crippen LogP contribution is 2.26. The average molecular weight is 236 g/mol. The molecule has 6 nitrogen and oxygen atoms in total. The third kappa shape index (κ3) is 1.98. The van der Waals surface area contributed by atoms with Gasteiger partial charge in [0.2, 0.25) is 0 Å². The first kappa shape index (κ1) is 10.5. The minimum absolute atomic E-state index is 0.205. The smallest absolute Gasteiger partial charge is 0.347 e. The fraction of sp³-hybridized carbons (Fsp3) is 0.111. The van der Waals surface area contributed by atoms with Gasteiger partial charge in [0.05, 0.1) is 6.20 Å². The van der Waals surface area contributed by atoms with Crippen LogP contribution in [0.5, 0.6) is 0 Å². The molecule has 0 saturated carbocycles. The lowest BCUT2D eigenvalue weighted by Crippen LogP contribution is -2.10. The maximum absolute atomic E-state index is 10.7. The van der Waals surface area contributed by atoms with E-state index in [0.717, 1.165) is 11.3 Å². The van der Waals surface area contributed by atoms with Crippen molar-refractivity contribution in [2.24, 2.45) is 0 Å². The molecule has 0 unspecified atom stereocenters. The molecule has 0 bridgehead atoms. The SMILES string of the molecule is CN(c1ccncn1)c1ncc(C(=O)O)s1. The summed E-state index contributed by atoms with van der Waals surface area (Å²) in [7, 11) is 1.77. The van der Waals surface area contributed by atoms with Crippen LogP contribution < -0.4 is 4.90 Å². The second kappa shape index (κ2) is 4.23. The first-order valence-electron chi connectivity index (χ1n) is 4.37. The highest BCUT2D eigenvalue weighted by atomic mass is 32.1. The van der Waals surface area contributed by atoms with Gasteiger partial charge in [0.25, 0.3) is 0 Å². The van der Waals surface area contributed by atoms with Crippen LogP contribution in [-0.2, 0) is 0 Å². The predicted octanol–water partition coefficient (Wildman–Crippen LogP) is 1.40. The van der Waals surface area contributed by atoms with Crippen molar-refractivity contribution in [1.29, 1.82) is 0 Å². The molecule has 0 aliphatic rings. The van der Waals surface area contributed by atoms with E-state index >= 15 is 0 Å². The molecule has 0 atom stereocenters. The molecule has 1 N–H and O–H groups in total. The Kier molecular flexibility index (Phi) is 2.78. The standard InChI is InChI=1S/C9H8N4O2S/c1-13(7-2-3-10-5-12-7)9-11-4-6(16-9)8(14)15/h2-5H,1H3,(H,14,15). The van der Waals surface area contributed by atoms with E-state index in [1.54, 1.807) is 24.2 Å². The van der Waals surface area contributed by atoms with Crippen LogP contribution in [0.1, 0.15) is 9.67 Å². The molecule has 0 aromatic carbocycles. The summed E-state index contributed by atoms with van der Waals surface area (Å²) in [6.07, 6.45) is 4.38. The summed E-state index contributed by atoms with van der Waals surface area (Å²) in [6.45, 7) is 0. The molecule has 2 aromatic rings. The van der Waals surface area contributed by atoms with Crippen molar-refractivity contribution in [2.45, 2.75) is 0 Å². The normalized spacial score (nSPS) is 10.1. The lowest BCUT2D eigenvalue weighted by atomic mass is 10.5. The van der Waals surface area contributed by atoms with Gasteiger partial charge >= 0.3 is 5.97 Å². The molecule has 0 spiro atoms. The van der Waals surface area contributed by atoms with Crippen LogP contribution in [0, 0.1) is 0 Å². The van der Waals surface area contributed by atoms with Crippen LogP contribution in [-0.4, -0.2) is 33.1 Å². The molecule has 0 saturated heterocycles. The van der Waals surface area contributed by atoms with Crippen molar-refractivity contribution in [1.82, 2.24) is 15.0 Å². The van der Waals surface area contributed by atoms with Gasteiger partial charge in [-0.1, -0.05) is 11.3 Å². The minimum Gasteiger partial charge on any atom is -0.477 e. The Hall–Kier alpha value is -2.02. The van der Waals surface area contributed by atoms with Crippen LogP contribution in [0.25, 0.3) is 0 Å². The Balaban J connectivity index is 2.27. The van der Waals surface area contributed by atoms with Crippen LogP contribution in [0.3, 0.4) is 0 Å². The van der Waals surface area contributed by atoms with Gasteiger partial charge in [-0.05, 0) is 6.07 Å². The molecule has 0 aliphatic carbocycles. The molecule has 0 fully saturated rings. The second-order valence-corrected chi connectivity index (χ2v) is 3.95. The Morgan fingerprint density at radius 3 is 2.88 bits per heavy atom. The maximum Gasteiger partial charge on any atom is 0.347 e. The highest BCUT2D eigenvalue weighted by molar-refractivity contribution is 7.17. The van der Waals surface area contributed by atoms with Crippen molar-refractivity contribution in [3.8, 4) is 0 Å². The van der Waals surface area contributed by atoms with Crippen molar-refractivity contribution < 1.29 is 9.90 Å². The molecule has 2 aromatic heterocycles. The van der Waals surface area contributed by atoms with E-state index in [1.165, 1.54) is 12.5 Å². The summed E-state index contributed by atoms with van der Waals surface area (Å²) in [4.78, 5) is 24.5. The number of thiazole rings is 1. The average Bonchev–Trinajstić information content (AvgIpc) is 2.78. The zero-order valence-electron chi connectivity index (χ0n) is 8.36. The van der Waals surface area contributed by atoms with Crippen molar-refractivity contribution in [3.63, 3.8) is 0 Å². The predicted molar refractivity (Wildman–Crippen MR) is 59.2 cm³/mol. The van der Waals surface area contributed by atoms with Crippen molar-refractivity contribution in [3.05, 3.63) is 29.7 Å². The second-order valence-electron chi connectivity index (χ2n) is 2.94. The zero-order valence-corrected chi connectivity index (χ0v) is 9.18. The number of nitrogens with zero attached hydrogens (tertiary/aromatic N) is 4. The first-order chi connectivity index (χ1) is 7.68. The summed E-state index contributed by atoms with van der Waals surface area (Å²) in [5, 5.41) is 9.36. The summed E-state index contributed by atoms with van der Waals surface area (Å²) >= 11 is 1.10. The van der Waals surface area contributed by atoms with Gasteiger partial charge in [0.15, 0.2) is 5.13 Å². The van der Waals surface area contributed by atoms with E-state index in [2.05, 4.69) is 15.0 Å². The number of anilines is 2. The lowest BCUT2D eigenvalue weighted by Gasteiger charge is -2.13. The molecular formula is C9H8N4O2S. The Morgan fingerprint density at radius 1 is 1.50 bits per heavy atom. The topological polar surface area (TPSA) is 79.2 Å². The van der Waals surface area contributed by atoms with Crippen LogP contribution in [0.15, 0.2) is 24.8 Å². The van der Waals surface area contributed by atoms with Crippen molar-refractivity contribution in [2.75, 3.05) is 11.9 Å². The first-order valence-corrected chi connectivity index (χ1v) is 5.19. The molecule has 7 heteroatoms. The summed E-state index contributed by atoms with van der Waals surface area (Å²) in [5.74, 6) is -0.305. The highest BCUT2D eigenvalue weighted by Gasteiger charge is 2.13. The quantitative estimate of drug-likeness (QED) is 0.867. The van der Waals surface area contributed by atoms with Crippen LogP contribution >= 0.6 is 11.3 Å².